The van der Waals surface area contributed by atoms with Crippen molar-refractivity contribution in [1.82, 2.24) is 9.55 Å². The number of hydrogen-bond donors (Lipinski definition) is 0. The monoisotopic (exact) mass is 486 g/mol. The van der Waals surface area contributed by atoms with Crippen LogP contribution in [-0.2, 0) is 0 Å². The first-order valence-electron chi connectivity index (χ1n) is 12.8. The Hall–Kier alpha value is -5.15. The lowest BCUT2D eigenvalue weighted by molar-refractivity contribution is 0.669. The van der Waals surface area contributed by atoms with Gasteiger partial charge in [-0.2, -0.15) is 0 Å². The average molecular weight is 487 g/mol. The predicted molar refractivity (Wildman–Crippen MR) is 157 cm³/mol. The van der Waals surface area contributed by atoms with E-state index in [1.165, 1.54) is 21.8 Å². The van der Waals surface area contributed by atoms with Crippen LogP contribution in [0.25, 0.3) is 71.8 Å². The maximum Gasteiger partial charge on any atom is 0.153 e. The molecule has 0 spiro atoms. The molecule has 0 aliphatic heterocycles. The van der Waals surface area contributed by atoms with Crippen LogP contribution in [0.1, 0.15) is 0 Å². The standard InChI is InChI=1S/C35H22N2O/c1-2-10-23(11-3-1)29-21-25(22-30-34-33(38-35(29)30)18-9-19-36-34)24-12-8-13-26(20-24)37-31-16-6-4-14-27(31)28-15-5-7-17-32(28)37/h1-22H. The summed E-state index contributed by atoms with van der Waals surface area (Å²) >= 11 is 0. The van der Waals surface area contributed by atoms with Crippen molar-refractivity contribution in [3.05, 3.63) is 134 Å². The molecule has 0 aliphatic carbocycles. The van der Waals surface area contributed by atoms with Crippen LogP contribution in [0.15, 0.2) is 138 Å². The summed E-state index contributed by atoms with van der Waals surface area (Å²) in [5, 5.41) is 3.55. The fourth-order valence-corrected chi connectivity index (χ4v) is 5.72. The lowest BCUT2D eigenvalue weighted by Gasteiger charge is -2.12. The molecule has 0 radical (unpaired) electrons. The van der Waals surface area contributed by atoms with Gasteiger partial charge in [-0.3, -0.25) is 4.98 Å². The maximum absolute atomic E-state index is 6.34. The molecule has 0 atom stereocenters. The molecule has 38 heavy (non-hydrogen) atoms. The minimum atomic E-state index is 0.802. The molecule has 3 nitrogen and oxygen atoms in total. The van der Waals surface area contributed by atoms with E-state index < -0.39 is 0 Å². The molecule has 0 amide bonds. The van der Waals surface area contributed by atoms with E-state index in [-0.39, 0.29) is 0 Å². The summed E-state index contributed by atoms with van der Waals surface area (Å²) in [5.41, 5.74) is 10.6. The fraction of sp³-hybridized carbons (Fsp3) is 0. The van der Waals surface area contributed by atoms with E-state index >= 15 is 0 Å². The second kappa shape index (κ2) is 8.19. The molecule has 3 heterocycles. The molecule has 178 valence electrons. The highest BCUT2D eigenvalue weighted by Gasteiger charge is 2.17. The Morgan fingerprint density at radius 1 is 0.526 bits per heavy atom. The predicted octanol–water partition coefficient (Wildman–Crippen LogP) is 9.41. The molecule has 0 saturated heterocycles. The number of para-hydroxylation sites is 2. The van der Waals surface area contributed by atoms with E-state index in [1.807, 2.05) is 24.4 Å². The average Bonchev–Trinajstić information content (AvgIpc) is 3.53. The Labute approximate surface area is 219 Å². The zero-order valence-corrected chi connectivity index (χ0v) is 20.5. The van der Waals surface area contributed by atoms with E-state index in [0.29, 0.717) is 0 Å². The smallest absolute Gasteiger partial charge is 0.153 e. The van der Waals surface area contributed by atoms with Crippen LogP contribution in [0.4, 0.5) is 0 Å². The summed E-state index contributed by atoms with van der Waals surface area (Å²) in [4.78, 5) is 4.67. The Morgan fingerprint density at radius 2 is 1.24 bits per heavy atom. The summed E-state index contributed by atoms with van der Waals surface area (Å²) in [7, 11) is 0. The number of rotatable bonds is 3. The molecule has 0 saturated carbocycles. The van der Waals surface area contributed by atoms with Crippen molar-refractivity contribution in [2.75, 3.05) is 0 Å². The zero-order valence-electron chi connectivity index (χ0n) is 20.5. The van der Waals surface area contributed by atoms with Gasteiger partial charge in [0.2, 0.25) is 0 Å². The van der Waals surface area contributed by atoms with E-state index in [4.69, 9.17) is 4.42 Å². The number of nitrogens with zero attached hydrogens (tertiary/aromatic N) is 2. The minimum Gasteiger partial charge on any atom is -0.454 e. The van der Waals surface area contributed by atoms with Crippen molar-refractivity contribution >= 4 is 43.9 Å². The van der Waals surface area contributed by atoms with Crippen molar-refractivity contribution in [1.29, 1.82) is 0 Å². The summed E-state index contributed by atoms with van der Waals surface area (Å²) < 4.78 is 8.70. The first kappa shape index (κ1) is 21.0. The second-order valence-electron chi connectivity index (χ2n) is 9.64. The molecule has 0 aliphatic rings. The van der Waals surface area contributed by atoms with Crippen LogP contribution in [0.5, 0.6) is 0 Å². The van der Waals surface area contributed by atoms with E-state index in [1.54, 1.807) is 0 Å². The molecule has 0 bridgehead atoms. The highest BCUT2D eigenvalue weighted by molar-refractivity contribution is 6.10. The quantitative estimate of drug-likeness (QED) is 0.249. The number of fused-ring (bicyclic) bond motifs is 6. The number of hydrogen-bond acceptors (Lipinski definition) is 2. The molecule has 3 aromatic heterocycles. The fourth-order valence-electron chi connectivity index (χ4n) is 5.72. The third-order valence-electron chi connectivity index (χ3n) is 7.43. The Kier molecular flexibility index (Phi) is 4.52. The van der Waals surface area contributed by atoms with Gasteiger partial charge in [0, 0.05) is 33.6 Å². The number of benzene rings is 5. The van der Waals surface area contributed by atoms with Gasteiger partial charge in [-0.05, 0) is 65.2 Å². The summed E-state index contributed by atoms with van der Waals surface area (Å²) in [6, 6.07) is 44.8. The largest absolute Gasteiger partial charge is 0.454 e. The van der Waals surface area contributed by atoms with Crippen molar-refractivity contribution in [3.63, 3.8) is 0 Å². The first-order chi connectivity index (χ1) is 18.8. The van der Waals surface area contributed by atoms with Gasteiger partial charge in [0.1, 0.15) is 11.1 Å². The lowest BCUT2D eigenvalue weighted by Crippen LogP contribution is -1.94. The number of pyridine rings is 1. The molecule has 0 unspecified atom stereocenters. The van der Waals surface area contributed by atoms with E-state index in [9.17, 15) is 0 Å². The number of aromatic nitrogens is 2. The van der Waals surface area contributed by atoms with Crippen molar-refractivity contribution in [2.45, 2.75) is 0 Å². The van der Waals surface area contributed by atoms with Crippen LogP contribution in [-0.4, -0.2) is 9.55 Å². The normalized spacial score (nSPS) is 11.7. The third-order valence-corrected chi connectivity index (χ3v) is 7.43. The lowest BCUT2D eigenvalue weighted by atomic mass is 9.96. The van der Waals surface area contributed by atoms with E-state index in [2.05, 4.69) is 119 Å². The summed E-state index contributed by atoms with van der Waals surface area (Å²) in [6.45, 7) is 0. The molecular weight excluding hydrogens is 464 g/mol. The zero-order chi connectivity index (χ0) is 25.1. The van der Waals surface area contributed by atoms with Gasteiger partial charge in [0.05, 0.1) is 11.0 Å². The van der Waals surface area contributed by atoms with Crippen LogP contribution in [0.2, 0.25) is 0 Å². The number of furan rings is 1. The Morgan fingerprint density at radius 3 is 2.03 bits per heavy atom. The van der Waals surface area contributed by atoms with E-state index in [0.717, 1.165) is 50.0 Å². The van der Waals surface area contributed by atoms with Gasteiger partial charge in [-0.25, -0.2) is 0 Å². The molecule has 8 aromatic rings. The van der Waals surface area contributed by atoms with Crippen molar-refractivity contribution in [3.8, 4) is 27.9 Å². The Balaban J connectivity index is 1.39. The highest BCUT2D eigenvalue weighted by Crippen LogP contribution is 2.39. The van der Waals surface area contributed by atoms with Crippen molar-refractivity contribution < 1.29 is 4.42 Å². The summed E-state index contributed by atoms with van der Waals surface area (Å²) in [5.74, 6) is 0. The van der Waals surface area contributed by atoms with Crippen LogP contribution >= 0.6 is 0 Å². The maximum atomic E-state index is 6.34. The molecule has 5 aromatic carbocycles. The van der Waals surface area contributed by atoms with Gasteiger partial charge in [0.15, 0.2) is 5.58 Å². The van der Waals surface area contributed by atoms with Crippen LogP contribution < -0.4 is 0 Å². The molecule has 8 rings (SSSR count). The molecule has 0 N–H and O–H groups in total. The second-order valence-corrected chi connectivity index (χ2v) is 9.64. The van der Waals surface area contributed by atoms with Crippen molar-refractivity contribution in [2.24, 2.45) is 0 Å². The van der Waals surface area contributed by atoms with Crippen LogP contribution in [0, 0.1) is 0 Å². The van der Waals surface area contributed by atoms with Crippen LogP contribution in [0.3, 0.4) is 0 Å². The molecular formula is C35H22N2O. The van der Waals surface area contributed by atoms with Gasteiger partial charge in [-0.15, -0.1) is 0 Å². The topological polar surface area (TPSA) is 31.0 Å². The van der Waals surface area contributed by atoms with Gasteiger partial charge in [0.25, 0.3) is 0 Å². The summed E-state index contributed by atoms with van der Waals surface area (Å²) in [6.07, 6.45) is 1.83. The molecule has 3 heteroatoms. The first-order valence-corrected chi connectivity index (χ1v) is 12.8. The van der Waals surface area contributed by atoms with Gasteiger partial charge in [-0.1, -0.05) is 78.9 Å². The minimum absolute atomic E-state index is 0.802. The van der Waals surface area contributed by atoms with Gasteiger partial charge >= 0.3 is 0 Å². The SMILES string of the molecule is c1ccc(-c2cc(-c3cccc(-n4c5ccccc5c5ccccc54)c3)cc3c2oc2cccnc23)cc1. The highest BCUT2D eigenvalue weighted by atomic mass is 16.3. The third kappa shape index (κ3) is 3.12. The molecule has 0 fully saturated rings. The Bertz CT molecular complexity index is 2080. The van der Waals surface area contributed by atoms with Gasteiger partial charge < -0.3 is 8.98 Å².